The third-order valence-electron chi connectivity index (χ3n) is 5.15. The molecule has 0 spiro atoms. The standard InChI is InChI=1S/C19H21N3O4/c1-12(23)17-10-18(21-26-17)25-15-4-2-14(3-5-15)19(24)20-16-11-22-8-6-13(16)7-9-22/h2-5,10,13,16H,6-9,11H2,1H3,(H,20,24)/t16-/m0/s1. The first-order valence-corrected chi connectivity index (χ1v) is 8.87. The number of hydrogen-bond acceptors (Lipinski definition) is 6. The van der Waals surface area contributed by atoms with Gasteiger partial charge in [0.25, 0.3) is 11.8 Å². The average Bonchev–Trinajstić information content (AvgIpc) is 3.12. The topological polar surface area (TPSA) is 84.7 Å². The molecule has 26 heavy (non-hydrogen) atoms. The van der Waals surface area contributed by atoms with E-state index in [2.05, 4.69) is 15.4 Å². The number of carbonyl (C=O) groups excluding carboxylic acids is 2. The van der Waals surface area contributed by atoms with Crippen molar-refractivity contribution in [3.63, 3.8) is 0 Å². The van der Waals surface area contributed by atoms with Crippen molar-refractivity contribution in [1.82, 2.24) is 15.4 Å². The van der Waals surface area contributed by atoms with Gasteiger partial charge in [0.05, 0.1) is 6.07 Å². The van der Waals surface area contributed by atoms with Gasteiger partial charge in [-0.1, -0.05) is 0 Å². The Labute approximate surface area is 151 Å². The first-order valence-electron chi connectivity index (χ1n) is 8.87. The molecule has 0 unspecified atom stereocenters. The first-order chi connectivity index (χ1) is 12.6. The number of hydrogen-bond donors (Lipinski definition) is 1. The van der Waals surface area contributed by atoms with E-state index in [9.17, 15) is 9.59 Å². The smallest absolute Gasteiger partial charge is 0.260 e. The van der Waals surface area contributed by atoms with Crippen LogP contribution in [0.1, 0.15) is 40.7 Å². The molecule has 0 radical (unpaired) electrons. The molecule has 0 aliphatic carbocycles. The highest BCUT2D eigenvalue weighted by atomic mass is 16.5. The summed E-state index contributed by atoms with van der Waals surface area (Å²) in [5, 5.41) is 6.85. The number of rotatable bonds is 5. The Hall–Kier alpha value is -2.67. The van der Waals surface area contributed by atoms with E-state index in [1.165, 1.54) is 13.0 Å². The van der Waals surface area contributed by atoms with Gasteiger partial charge < -0.3 is 19.5 Å². The zero-order valence-corrected chi connectivity index (χ0v) is 14.6. The Balaban J connectivity index is 1.37. The van der Waals surface area contributed by atoms with Gasteiger partial charge in [-0.2, -0.15) is 0 Å². The normalized spacial score (nSPS) is 24.3. The predicted octanol–water partition coefficient (Wildman–Crippen LogP) is 2.49. The van der Waals surface area contributed by atoms with Crippen LogP contribution in [-0.4, -0.2) is 47.4 Å². The van der Waals surface area contributed by atoms with Crippen LogP contribution >= 0.6 is 0 Å². The van der Waals surface area contributed by atoms with E-state index in [1.807, 2.05) is 0 Å². The molecular weight excluding hydrogens is 334 g/mol. The number of nitrogens with zero attached hydrogens (tertiary/aromatic N) is 2. The second kappa shape index (κ2) is 6.92. The van der Waals surface area contributed by atoms with Crippen molar-refractivity contribution in [3.8, 4) is 11.6 Å². The average molecular weight is 355 g/mol. The van der Waals surface area contributed by atoms with E-state index in [4.69, 9.17) is 9.26 Å². The van der Waals surface area contributed by atoms with E-state index in [-0.39, 0.29) is 29.4 Å². The minimum atomic E-state index is -0.216. The molecule has 3 saturated heterocycles. The molecule has 1 atom stereocenters. The third kappa shape index (κ3) is 3.48. The lowest BCUT2D eigenvalue weighted by Gasteiger charge is -2.44. The second-order valence-electron chi connectivity index (χ2n) is 6.93. The summed E-state index contributed by atoms with van der Waals surface area (Å²) in [6, 6.07) is 8.52. The summed E-state index contributed by atoms with van der Waals surface area (Å²) < 4.78 is 10.4. The molecule has 2 bridgehead atoms. The number of benzene rings is 1. The van der Waals surface area contributed by atoms with Crippen LogP contribution in [-0.2, 0) is 0 Å². The maximum absolute atomic E-state index is 12.5. The fourth-order valence-electron chi connectivity index (χ4n) is 3.65. The first kappa shape index (κ1) is 16.8. The summed E-state index contributed by atoms with van der Waals surface area (Å²) in [5.74, 6) is 1.19. The van der Waals surface area contributed by atoms with Crippen molar-refractivity contribution in [2.45, 2.75) is 25.8 Å². The van der Waals surface area contributed by atoms with E-state index in [1.54, 1.807) is 24.3 Å². The van der Waals surface area contributed by atoms with Gasteiger partial charge in [-0.25, -0.2) is 0 Å². The Morgan fingerprint density at radius 1 is 1.23 bits per heavy atom. The maximum Gasteiger partial charge on any atom is 0.260 e. The number of amides is 1. The maximum atomic E-state index is 12.5. The number of carbonyl (C=O) groups is 2. The van der Waals surface area contributed by atoms with Crippen molar-refractivity contribution in [3.05, 3.63) is 41.7 Å². The summed E-state index contributed by atoms with van der Waals surface area (Å²) in [6.07, 6.45) is 2.33. The highest BCUT2D eigenvalue weighted by Crippen LogP contribution is 2.28. The number of Topliss-reactive ketones (excluding diaryl/α,β-unsaturated/α-hetero) is 1. The molecule has 1 amide bonds. The van der Waals surface area contributed by atoms with Gasteiger partial charge in [-0.3, -0.25) is 9.59 Å². The van der Waals surface area contributed by atoms with Crippen LogP contribution in [0, 0.1) is 5.92 Å². The number of ether oxygens (including phenoxy) is 1. The van der Waals surface area contributed by atoms with Gasteiger partial charge in [0, 0.05) is 25.1 Å². The van der Waals surface area contributed by atoms with Gasteiger partial charge in [-0.15, -0.1) is 0 Å². The Morgan fingerprint density at radius 2 is 1.96 bits per heavy atom. The lowest BCUT2D eigenvalue weighted by atomic mass is 9.84. The van der Waals surface area contributed by atoms with Gasteiger partial charge in [0.15, 0.2) is 5.78 Å². The molecule has 7 heteroatoms. The Bertz CT molecular complexity index is 806. The van der Waals surface area contributed by atoms with Crippen LogP contribution in [0.4, 0.5) is 0 Å². The summed E-state index contributed by atoms with van der Waals surface area (Å²) >= 11 is 0. The molecule has 5 rings (SSSR count). The van der Waals surface area contributed by atoms with E-state index < -0.39 is 0 Å². The van der Waals surface area contributed by atoms with Crippen LogP contribution in [0.15, 0.2) is 34.9 Å². The van der Waals surface area contributed by atoms with E-state index in [0.717, 1.165) is 32.5 Å². The molecule has 1 N–H and O–H groups in total. The SMILES string of the molecule is CC(=O)c1cc(Oc2ccc(C(=O)N[C@H]3CN4CCC3CC4)cc2)no1. The van der Waals surface area contributed by atoms with Crippen LogP contribution in [0.5, 0.6) is 11.6 Å². The van der Waals surface area contributed by atoms with Crippen molar-refractivity contribution < 1.29 is 18.8 Å². The Kier molecular flexibility index (Phi) is 4.46. The molecule has 1 aromatic carbocycles. The van der Waals surface area contributed by atoms with Crippen molar-refractivity contribution in [2.24, 2.45) is 5.92 Å². The van der Waals surface area contributed by atoms with Gasteiger partial charge >= 0.3 is 0 Å². The zero-order chi connectivity index (χ0) is 18.1. The molecule has 4 heterocycles. The molecule has 1 aromatic heterocycles. The van der Waals surface area contributed by atoms with E-state index >= 15 is 0 Å². The molecule has 2 aromatic rings. The predicted molar refractivity (Wildman–Crippen MR) is 93.4 cm³/mol. The van der Waals surface area contributed by atoms with Gasteiger partial charge in [0.2, 0.25) is 5.76 Å². The Morgan fingerprint density at radius 3 is 2.54 bits per heavy atom. The second-order valence-corrected chi connectivity index (χ2v) is 6.93. The molecule has 136 valence electrons. The zero-order valence-electron chi connectivity index (χ0n) is 14.6. The van der Waals surface area contributed by atoms with Crippen LogP contribution in [0.2, 0.25) is 0 Å². The lowest BCUT2D eigenvalue weighted by Crippen LogP contribution is -2.57. The van der Waals surface area contributed by atoms with Gasteiger partial charge in [0.1, 0.15) is 5.75 Å². The van der Waals surface area contributed by atoms with Crippen LogP contribution in [0.3, 0.4) is 0 Å². The monoisotopic (exact) mass is 355 g/mol. The minimum absolute atomic E-state index is 0.0596. The van der Waals surface area contributed by atoms with Crippen molar-refractivity contribution in [2.75, 3.05) is 19.6 Å². The number of piperidine rings is 3. The highest BCUT2D eigenvalue weighted by molar-refractivity contribution is 5.94. The van der Waals surface area contributed by atoms with Crippen LogP contribution in [0.25, 0.3) is 0 Å². The number of fused-ring (bicyclic) bond motifs is 3. The lowest BCUT2D eigenvalue weighted by molar-refractivity contribution is 0.0620. The number of ketones is 1. The molecule has 3 aliphatic rings. The molecule has 3 aliphatic heterocycles. The fourth-order valence-corrected chi connectivity index (χ4v) is 3.65. The summed E-state index contributed by atoms with van der Waals surface area (Å²) in [5.41, 5.74) is 0.596. The van der Waals surface area contributed by atoms with Crippen LogP contribution < -0.4 is 10.1 Å². The quantitative estimate of drug-likeness (QED) is 0.830. The van der Waals surface area contributed by atoms with Crippen molar-refractivity contribution >= 4 is 11.7 Å². The summed E-state index contributed by atoms with van der Waals surface area (Å²) in [7, 11) is 0. The van der Waals surface area contributed by atoms with Gasteiger partial charge in [-0.05, 0) is 61.3 Å². The minimum Gasteiger partial charge on any atom is -0.436 e. The molecule has 0 saturated carbocycles. The third-order valence-corrected chi connectivity index (χ3v) is 5.15. The molecule has 7 nitrogen and oxygen atoms in total. The summed E-state index contributed by atoms with van der Waals surface area (Å²) in [6.45, 7) is 4.64. The number of aromatic nitrogens is 1. The highest BCUT2D eigenvalue weighted by Gasteiger charge is 2.34. The van der Waals surface area contributed by atoms with Crippen molar-refractivity contribution in [1.29, 1.82) is 0 Å². The van der Waals surface area contributed by atoms with E-state index in [0.29, 0.717) is 17.2 Å². The largest absolute Gasteiger partial charge is 0.436 e. The molecule has 3 fully saturated rings. The molecular formula is C19H21N3O4. The fraction of sp³-hybridized carbons (Fsp3) is 0.421. The summed E-state index contributed by atoms with van der Waals surface area (Å²) in [4.78, 5) is 26.1. The number of nitrogens with one attached hydrogen (secondary N) is 1.